The molecule has 4 heteroatoms. The normalized spacial score (nSPS) is 13.8. The van der Waals surface area contributed by atoms with Gasteiger partial charge in [-0.25, -0.2) is 9.18 Å². The third-order valence-electron chi connectivity index (χ3n) is 2.62. The van der Waals surface area contributed by atoms with Gasteiger partial charge in [0, 0.05) is 6.54 Å². The Morgan fingerprint density at radius 1 is 1.53 bits per heavy atom. The van der Waals surface area contributed by atoms with Crippen molar-refractivity contribution in [2.75, 3.05) is 13.7 Å². The first-order chi connectivity index (χ1) is 8.04. The lowest BCUT2D eigenvalue weighted by molar-refractivity contribution is -0.148. The van der Waals surface area contributed by atoms with Gasteiger partial charge < -0.3 is 4.74 Å². The number of benzene rings is 1. The molecule has 1 aromatic rings. The lowest BCUT2D eigenvalue weighted by Gasteiger charge is -2.28. The fourth-order valence-electron chi connectivity index (χ4n) is 1.56. The molecule has 1 unspecified atom stereocenters. The van der Waals surface area contributed by atoms with Crippen LogP contribution in [0.1, 0.15) is 12.5 Å². The summed E-state index contributed by atoms with van der Waals surface area (Å²) in [5.41, 5.74) is -0.357. The van der Waals surface area contributed by atoms with Gasteiger partial charge in [-0.15, -0.1) is 6.58 Å². The molecule has 0 aliphatic rings. The maximum atomic E-state index is 12.9. The van der Waals surface area contributed by atoms with Crippen LogP contribution in [0.3, 0.4) is 0 Å². The fraction of sp³-hybridized carbons (Fsp3) is 0.308. The molecule has 0 fully saturated rings. The Kier molecular flexibility index (Phi) is 4.40. The molecule has 0 saturated carbocycles. The number of nitrogens with one attached hydrogen (secondary N) is 1. The Bertz CT molecular complexity index is 402. The standard InChI is InChI=1S/C13H16FNO2/c1-4-9-15-13(2,12(16)17-3)10-5-7-11(14)8-6-10/h4-8,15H,1,9H2,2-3H3. The van der Waals surface area contributed by atoms with Gasteiger partial charge in [0.25, 0.3) is 0 Å². The van der Waals surface area contributed by atoms with Crippen molar-refractivity contribution in [1.29, 1.82) is 0 Å². The molecule has 0 spiro atoms. The Balaban J connectivity index is 3.08. The van der Waals surface area contributed by atoms with Crippen LogP contribution in [0.4, 0.5) is 4.39 Å². The lowest BCUT2D eigenvalue weighted by atomic mass is 9.92. The van der Waals surface area contributed by atoms with Gasteiger partial charge in [-0.1, -0.05) is 18.2 Å². The van der Waals surface area contributed by atoms with Gasteiger partial charge in [0.2, 0.25) is 0 Å². The maximum absolute atomic E-state index is 12.9. The molecule has 0 amide bonds. The summed E-state index contributed by atoms with van der Waals surface area (Å²) in [6.07, 6.45) is 1.64. The molecule has 0 aliphatic heterocycles. The molecule has 0 saturated heterocycles. The van der Waals surface area contributed by atoms with Crippen LogP contribution < -0.4 is 5.32 Å². The summed E-state index contributed by atoms with van der Waals surface area (Å²) in [6.45, 7) is 5.72. The van der Waals surface area contributed by atoms with Crippen LogP contribution in [0.5, 0.6) is 0 Å². The molecular formula is C13H16FNO2. The van der Waals surface area contributed by atoms with Crippen LogP contribution >= 0.6 is 0 Å². The molecule has 0 radical (unpaired) electrons. The van der Waals surface area contributed by atoms with Crippen LogP contribution in [0.25, 0.3) is 0 Å². The number of esters is 1. The van der Waals surface area contributed by atoms with Crippen molar-refractivity contribution < 1.29 is 13.9 Å². The highest BCUT2D eigenvalue weighted by Crippen LogP contribution is 2.22. The number of ether oxygens (including phenoxy) is 1. The summed E-state index contributed by atoms with van der Waals surface area (Å²) in [5.74, 6) is -0.768. The Morgan fingerprint density at radius 2 is 2.12 bits per heavy atom. The second kappa shape index (κ2) is 5.59. The van der Waals surface area contributed by atoms with Crippen LogP contribution in [0.15, 0.2) is 36.9 Å². The number of rotatable bonds is 5. The third kappa shape index (κ3) is 2.91. The second-order valence-electron chi connectivity index (χ2n) is 3.79. The van der Waals surface area contributed by atoms with Crippen molar-refractivity contribution in [2.45, 2.75) is 12.5 Å². The van der Waals surface area contributed by atoms with Crippen molar-refractivity contribution in [1.82, 2.24) is 5.32 Å². The van der Waals surface area contributed by atoms with E-state index in [1.807, 2.05) is 0 Å². The van der Waals surface area contributed by atoms with Crippen LogP contribution in [0.2, 0.25) is 0 Å². The predicted octanol–water partition coefficient (Wildman–Crippen LogP) is 1.99. The van der Waals surface area contributed by atoms with Gasteiger partial charge in [0.15, 0.2) is 0 Å². The molecule has 17 heavy (non-hydrogen) atoms. The smallest absolute Gasteiger partial charge is 0.330 e. The summed E-state index contributed by atoms with van der Waals surface area (Å²) in [5, 5.41) is 3.02. The summed E-state index contributed by atoms with van der Waals surface area (Å²) in [7, 11) is 1.32. The Hall–Kier alpha value is -1.68. The zero-order chi connectivity index (χ0) is 12.9. The highest BCUT2D eigenvalue weighted by molar-refractivity contribution is 5.82. The predicted molar refractivity (Wildman–Crippen MR) is 64.0 cm³/mol. The molecule has 1 rings (SSSR count). The first kappa shape index (κ1) is 13.4. The lowest BCUT2D eigenvalue weighted by Crippen LogP contribution is -2.47. The number of methoxy groups -OCH3 is 1. The van der Waals surface area contributed by atoms with E-state index in [4.69, 9.17) is 4.74 Å². The summed E-state index contributed by atoms with van der Waals surface area (Å²) >= 11 is 0. The molecule has 1 atom stereocenters. The molecule has 1 N–H and O–H groups in total. The topological polar surface area (TPSA) is 38.3 Å². The van der Waals surface area contributed by atoms with Crippen molar-refractivity contribution in [3.63, 3.8) is 0 Å². The molecule has 0 aromatic heterocycles. The number of carbonyl (C=O) groups is 1. The largest absolute Gasteiger partial charge is 0.467 e. The quantitative estimate of drug-likeness (QED) is 0.628. The van der Waals surface area contributed by atoms with Gasteiger partial charge in [-0.2, -0.15) is 0 Å². The fourth-order valence-corrected chi connectivity index (χ4v) is 1.56. The molecule has 0 heterocycles. The van der Waals surface area contributed by atoms with E-state index in [0.717, 1.165) is 0 Å². The first-order valence-electron chi connectivity index (χ1n) is 5.25. The average molecular weight is 237 g/mol. The van der Waals surface area contributed by atoms with Crippen molar-refractivity contribution in [3.8, 4) is 0 Å². The number of carbonyl (C=O) groups excluding carboxylic acids is 1. The van der Waals surface area contributed by atoms with Crippen LogP contribution in [-0.4, -0.2) is 19.6 Å². The molecule has 3 nitrogen and oxygen atoms in total. The molecular weight excluding hydrogens is 221 g/mol. The van der Waals surface area contributed by atoms with Crippen molar-refractivity contribution in [3.05, 3.63) is 48.3 Å². The van der Waals surface area contributed by atoms with E-state index in [0.29, 0.717) is 12.1 Å². The van der Waals surface area contributed by atoms with Crippen molar-refractivity contribution >= 4 is 5.97 Å². The minimum atomic E-state index is -1.00. The minimum Gasteiger partial charge on any atom is -0.467 e. The molecule has 1 aromatic carbocycles. The minimum absolute atomic E-state index is 0.343. The van der Waals surface area contributed by atoms with E-state index in [1.54, 1.807) is 25.1 Å². The van der Waals surface area contributed by atoms with Crippen molar-refractivity contribution in [2.24, 2.45) is 0 Å². The SMILES string of the molecule is C=CCNC(C)(C(=O)OC)c1ccc(F)cc1. The summed E-state index contributed by atoms with van der Waals surface area (Å²) in [4.78, 5) is 11.8. The number of hydrogen-bond acceptors (Lipinski definition) is 3. The summed E-state index contributed by atoms with van der Waals surface area (Å²) in [6, 6.07) is 5.74. The molecule has 92 valence electrons. The van der Waals surface area contributed by atoms with E-state index in [2.05, 4.69) is 11.9 Å². The Labute approximate surface area is 100 Å². The van der Waals surface area contributed by atoms with E-state index in [1.165, 1.54) is 19.2 Å². The average Bonchev–Trinajstić information content (AvgIpc) is 2.35. The van der Waals surface area contributed by atoms with E-state index < -0.39 is 11.5 Å². The highest BCUT2D eigenvalue weighted by Gasteiger charge is 2.35. The molecule has 0 aliphatic carbocycles. The number of hydrogen-bond donors (Lipinski definition) is 1. The van der Waals surface area contributed by atoms with Gasteiger partial charge >= 0.3 is 5.97 Å². The second-order valence-corrected chi connectivity index (χ2v) is 3.79. The van der Waals surface area contributed by atoms with Gasteiger partial charge in [0.05, 0.1) is 7.11 Å². The van der Waals surface area contributed by atoms with E-state index in [-0.39, 0.29) is 5.82 Å². The van der Waals surface area contributed by atoms with Crippen LogP contribution in [0, 0.1) is 5.82 Å². The maximum Gasteiger partial charge on any atom is 0.330 e. The van der Waals surface area contributed by atoms with Crippen LogP contribution in [-0.2, 0) is 15.1 Å². The zero-order valence-corrected chi connectivity index (χ0v) is 10.00. The van der Waals surface area contributed by atoms with Gasteiger partial charge in [0.1, 0.15) is 11.4 Å². The zero-order valence-electron chi connectivity index (χ0n) is 10.00. The Morgan fingerprint density at radius 3 is 2.59 bits per heavy atom. The van der Waals surface area contributed by atoms with E-state index in [9.17, 15) is 9.18 Å². The van der Waals surface area contributed by atoms with Gasteiger partial charge in [-0.05, 0) is 24.6 Å². The van der Waals surface area contributed by atoms with E-state index >= 15 is 0 Å². The van der Waals surface area contributed by atoms with Gasteiger partial charge in [-0.3, -0.25) is 5.32 Å². The number of halogens is 1. The highest BCUT2D eigenvalue weighted by atomic mass is 19.1. The third-order valence-corrected chi connectivity index (χ3v) is 2.62. The first-order valence-corrected chi connectivity index (χ1v) is 5.25. The monoisotopic (exact) mass is 237 g/mol. The summed E-state index contributed by atoms with van der Waals surface area (Å²) < 4.78 is 17.6. The molecule has 0 bridgehead atoms.